The zero-order chi connectivity index (χ0) is 21.3. The monoisotopic (exact) mass is 435 g/mol. The van der Waals surface area contributed by atoms with Crippen LogP contribution in [-0.2, 0) is 11.3 Å². The number of thioether (sulfide) groups is 1. The van der Waals surface area contributed by atoms with Crippen LogP contribution in [0.25, 0.3) is 0 Å². The molecular weight excluding hydrogens is 398 g/mol. The number of aromatic nitrogens is 1. The molecule has 168 valence electrons. The number of nitrogens with one attached hydrogen (secondary N) is 1. The maximum absolute atomic E-state index is 11.8. The standard InChI is InChI=1S/C23H37N3O3S/c27-15-18-30-17-8-1-3-9-22(28)24-11-4-7-16-29-23-19-21(10-12-25-23)20-26-13-5-2-6-14-26/h4,7,10,12,19,27H,1-3,5-6,8-9,11,13-18,20H2,(H,24,28)/b7-4-. The predicted octanol–water partition coefficient (Wildman–Crippen LogP) is 3.40. The Bertz CT molecular complexity index is 621. The number of piperidine rings is 1. The Morgan fingerprint density at radius 2 is 2.07 bits per heavy atom. The van der Waals surface area contributed by atoms with Crippen molar-refractivity contribution < 1.29 is 14.6 Å². The highest BCUT2D eigenvalue weighted by atomic mass is 32.2. The maximum atomic E-state index is 11.8. The fourth-order valence-corrected chi connectivity index (χ4v) is 4.12. The van der Waals surface area contributed by atoms with Gasteiger partial charge in [0.1, 0.15) is 6.61 Å². The second-order valence-electron chi connectivity index (χ2n) is 7.57. The van der Waals surface area contributed by atoms with Gasteiger partial charge in [0.25, 0.3) is 0 Å². The summed E-state index contributed by atoms with van der Waals surface area (Å²) < 4.78 is 5.72. The summed E-state index contributed by atoms with van der Waals surface area (Å²) >= 11 is 1.76. The van der Waals surface area contributed by atoms with Gasteiger partial charge < -0.3 is 15.2 Å². The molecule has 2 heterocycles. The second kappa shape index (κ2) is 16.2. The van der Waals surface area contributed by atoms with E-state index in [2.05, 4.69) is 21.3 Å². The van der Waals surface area contributed by atoms with Gasteiger partial charge in [-0.2, -0.15) is 11.8 Å². The minimum atomic E-state index is 0.0932. The normalized spacial score (nSPS) is 14.8. The Labute approximate surface area is 185 Å². The molecule has 1 amide bonds. The number of carbonyl (C=O) groups is 1. The maximum Gasteiger partial charge on any atom is 0.220 e. The molecule has 1 aromatic heterocycles. The Morgan fingerprint density at radius 1 is 1.20 bits per heavy atom. The van der Waals surface area contributed by atoms with Gasteiger partial charge in [-0.15, -0.1) is 0 Å². The van der Waals surface area contributed by atoms with Crippen LogP contribution in [0.4, 0.5) is 0 Å². The second-order valence-corrected chi connectivity index (χ2v) is 8.80. The van der Waals surface area contributed by atoms with Gasteiger partial charge in [0.15, 0.2) is 0 Å². The average molecular weight is 436 g/mol. The fraction of sp³-hybridized carbons (Fsp3) is 0.652. The number of rotatable bonds is 15. The molecule has 1 saturated heterocycles. The number of ether oxygens (including phenoxy) is 1. The molecule has 1 fully saturated rings. The van der Waals surface area contributed by atoms with Gasteiger partial charge in [-0.3, -0.25) is 9.69 Å². The molecule has 0 atom stereocenters. The van der Waals surface area contributed by atoms with Gasteiger partial charge in [-0.1, -0.05) is 18.9 Å². The number of pyridine rings is 1. The Kier molecular flexibility index (Phi) is 13.3. The van der Waals surface area contributed by atoms with E-state index in [1.54, 1.807) is 11.8 Å². The van der Waals surface area contributed by atoms with Gasteiger partial charge in [-0.05, 0) is 62.2 Å². The van der Waals surface area contributed by atoms with Crippen molar-refractivity contribution in [2.75, 3.05) is 44.4 Å². The lowest BCUT2D eigenvalue weighted by Gasteiger charge is -2.26. The highest BCUT2D eigenvalue weighted by molar-refractivity contribution is 7.99. The van der Waals surface area contributed by atoms with Crippen molar-refractivity contribution in [3.63, 3.8) is 0 Å². The Morgan fingerprint density at radius 3 is 2.90 bits per heavy atom. The zero-order valence-electron chi connectivity index (χ0n) is 18.1. The van der Waals surface area contributed by atoms with E-state index in [4.69, 9.17) is 9.84 Å². The molecule has 30 heavy (non-hydrogen) atoms. The first kappa shape index (κ1) is 24.7. The van der Waals surface area contributed by atoms with Gasteiger partial charge >= 0.3 is 0 Å². The van der Waals surface area contributed by atoms with E-state index in [0.717, 1.165) is 37.3 Å². The molecule has 7 heteroatoms. The molecule has 6 nitrogen and oxygen atoms in total. The van der Waals surface area contributed by atoms with Crippen molar-refractivity contribution >= 4 is 17.7 Å². The van der Waals surface area contributed by atoms with Crippen molar-refractivity contribution in [2.24, 2.45) is 0 Å². The summed E-state index contributed by atoms with van der Waals surface area (Å²) in [5, 5.41) is 11.6. The first-order chi connectivity index (χ1) is 14.8. The number of aliphatic hydroxyl groups is 1. The fourth-order valence-electron chi connectivity index (χ4n) is 3.38. The molecule has 1 aliphatic rings. The van der Waals surface area contributed by atoms with Gasteiger partial charge in [0, 0.05) is 37.5 Å². The predicted molar refractivity (Wildman–Crippen MR) is 124 cm³/mol. The minimum absolute atomic E-state index is 0.0932. The number of hydrogen-bond donors (Lipinski definition) is 2. The molecule has 0 aliphatic carbocycles. The van der Waals surface area contributed by atoms with Crippen molar-refractivity contribution in [1.82, 2.24) is 15.2 Å². The van der Waals surface area contributed by atoms with E-state index in [9.17, 15) is 4.79 Å². The highest BCUT2D eigenvalue weighted by Crippen LogP contribution is 2.15. The summed E-state index contributed by atoms with van der Waals surface area (Å²) in [5.74, 6) is 2.60. The van der Waals surface area contributed by atoms with Crippen LogP contribution in [-0.4, -0.2) is 65.3 Å². The summed E-state index contributed by atoms with van der Waals surface area (Å²) in [6.07, 6.45) is 13.2. The van der Waals surface area contributed by atoms with Crippen LogP contribution < -0.4 is 10.1 Å². The molecule has 0 bridgehead atoms. The first-order valence-electron chi connectivity index (χ1n) is 11.2. The molecule has 1 aromatic rings. The van der Waals surface area contributed by atoms with Gasteiger partial charge in [0.2, 0.25) is 11.8 Å². The van der Waals surface area contributed by atoms with Crippen LogP contribution in [0, 0.1) is 0 Å². The van der Waals surface area contributed by atoms with E-state index >= 15 is 0 Å². The molecule has 0 aromatic carbocycles. The molecule has 1 aliphatic heterocycles. The SMILES string of the molecule is O=C(CCCCCSCCO)NC/C=C\COc1cc(CN2CCCCC2)ccn1. The summed E-state index contributed by atoms with van der Waals surface area (Å²) in [6, 6.07) is 4.08. The topological polar surface area (TPSA) is 74.7 Å². The van der Waals surface area contributed by atoms with Crippen molar-refractivity contribution in [3.8, 4) is 5.88 Å². The van der Waals surface area contributed by atoms with Gasteiger partial charge in [0.05, 0.1) is 6.61 Å². The number of likely N-dealkylation sites (tertiary alicyclic amines) is 1. The third kappa shape index (κ3) is 11.6. The highest BCUT2D eigenvalue weighted by Gasteiger charge is 2.10. The lowest BCUT2D eigenvalue weighted by Crippen LogP contribution is -2.29. The van der Waals surface area contributed by atoms with Crippen molar-refractivity contribution in [3.05, 3.63) is 36.0 Å². The lowest BCUT2D eigenvalue weighted by atomic mass is 10.1. The molecule has 2 N–H and O–H groups in total. The lowest BCUT2D eigenvalue weighted by molar-refractivity contribution is -0.121. The zero-order valence-corrected chi connectivity index (χ0v) is 18.9. The van der Waals surface area contributed by atoms with E-state index in [1.807, 2.05) is 24.4 Å². The third-order valence-corrected chi connectivity index (χ3v) is 6.04. The van der Waals surface area contributed by atoms with Crippen LogP contribution >= 0.6 is 11.8 Å². The minimum Gasteiger partial charge on any atom is -0.473 e. The number of nitrogens with zero attached hydrogens (tertiary/aromatic N) is 2. The summed E-state index contributed by atoms with van der Waals surface area (Å²) in [5.41, 5.74) is 1.24. The molecule has 0 spiro atoms. The molecule has 0 unspecified atom stereocenters. The number of carbonyl (C=O) groups excluding carboxylic acids is 1. The molecule has 0 radical (unpaired) electrons. The summed E-state index contributed by atoms with van der Waals surface area (Å²) in [6.45, 7) is 4.53. The number of unbranched alkanes of at least 4 members (excludes halogenated alkanes) is 2. The van der Waals surface area contributed by atoms with E-state index in [-0.39, 0.29) is 12.5 Å². The van der Waals surface area contributed by atoms with Crippen molar-refractivity contribution in [2.45, 2.75) is 51.5 Å². The Balaban J connectivity index is 1.51. The first-order valence-corrected chi connectivity index (χ1v) is 12.3. The third-order valence-electron chi connectivity index (χ3n) is 4.99. The Hall–Kier alpha value is -1.57. The van der Waals surface area contributed by atoms with E-state index in [0.29, 0.717) is 25.5 Å². The average Bonchev–Trinajstić information content (AvgIpc) is 2.76. The smallest absolute Gasteiger partial charge is 0.220 e. The summed E-state index contributed by atoms with van der Waals surface area (Å²) in [7, 11) is 0. The number of aliphatic hydroxyl groups excluding tert-OH is 1. The summed E-state index contributed by atoms with van der Waals surface area (Å²) in [4.78, 5) is 18.6. The molecule has 0 saturated carbocycles. The molecule has 2 rings (SSSR count). The number of amides is 1. The van der Waals surface area contributed by atoms with Crippen LogP contribution in [0.5, 0.6) is 5.88 Å². The van der Waals surface area contributed by atoms with Gasteiger partial charge in [-0.25, -0.2) is 4.98 Å². The van der Waals surface area contributed by atoms with Crippen LogP contribution in [0.15, 0.2) is 30.5 Å². The van der Waals surface area contributed by atoms with Crippen LogP contribution in [0.1, 0.15) is 50.5 Å². The van der Waals surface area contributed by atoms with Crippen LogP contribution in [0.2, 0.25) is 0 Å². The number of hydrogen-bond acceptors (Lipinski definition) is 6. The van der Waals surface area contributed by atoms with E-state index < -0.39 is 0 Å². The largest absolute Gasteiger partial charge is 0.473 e. The molecular formula is C23H37N3O3S. The van der Waals surface area contributed by atoms with Crippen molar-refractivity contribution in [1.29, 1.82) is 0 Å². The quantitative estimate of drug-likeness (QED) is 0.325. The van der Waals surface area contributed by atoms with E-state index in [1.165, 1.54) is 37.9 Å². The van der Waals surface area contributed by atoms with Crippen LogP contribution in [0.3, 0.4) is 0 Å².